The number of amides is 1. The number of carbonyl (C=O) groups is 1. The van der Waals surface area contributed by atoms with Crippen molar-refractivity contribution < 1.29 is 18.3 Å². The van der Waals surface area contributed by atoms with Crippen LogP contribution < -0.4 is 15.4 Å². The average molecular weight is 389 g/mol. The maximum atomic E-state index is 12.6. The summed E-state index contributed by atoms with van der Waals surface area (Å²) in [6, 6.07) is 14.7. The number of ether oxygens (including phenoxy) is 1. The number of para-hydroxylation sites is 2. The number of carbonyl (C=O) groups excluding carboxylic acids is 1. The fourth-order valence-electron chi connectivity index (χ4n) is 3.38. The number of hydrogen-bond donors (Lipinski definition) is 2. The van der Waals surface area contributed by atoms with E-state index in [2.05, 4.69) is 51.5 Å². The lowest BCUT2D eigenvalue weighted by Gasteiger charge is -2.36. The van der Waals surface area contributed by atoms with E-state index in [-0.39, 0.29) is 29.9 Å². The van der Waals surface area contributed by atoms with E-state index in [1.54, 1.807) is 18.2 Å². The molecule has 1 saturated heterocycles. The fourth-order valence-corrected chi connectivity index (χ4v) is 3.38. The first-order chi connectivity index (χ1) is 13.6. The van der Waals surface area contributed by atoms with Gasteiger partial charge in [-0.3, -0.25) is 9.69 Å². The zero-order chi connectivity index (χ0) is 19.9. The van der Waals surface area contributed by atoms with E-state index in [1.807, 2.05) is 0 Å². The molecular formula is C21H25F2N3O2. The molecule has 0 spiro atoms. The first-order valence-corrected chi connectivity index (χ1v) is 9.44. The lowest BCUT2D eigenvalue weighted by molar-refractivity contribution is -0.118. The quantitative estimate of drug-likeness (QED) is 0.762. The Balaban J connectivity index is 1.68. The van der Waals surface area contributed by atoms with E-state index in [9.17, 15) is 13.6 Å². The Morgan fingerprint density at radius 2 is 2.00 bits per heavy atom. The molecule has 1 atom stereocenters. The Morgan fingerprint density at radius 3 is 2.71 bits per heavy atom. The van der Waals surface area contributed by atoms with Crippen LogP contribution in [0.2, 0.25) is 0 Å². The molecule has 0 bridgehead atoms. The van der Waals surface area contributed by atoms with Crippen molar-refractivity contribution >= 4 is 11.6 Å². The molecule has 3 rings (SSSR count). The Labute approximate surface area is 163 Å². The molecule has 28 heavy (non-hydrogen) atoms. The first kappa shape index (κ1) is 20.2. The van der Waals surface area contributed by atoms with Gasteiger partial charge in [-0.15, -0.1) is 0 Å². The van der Waals surface area contributed by atoms with Crippen LogP contribution in [-0.4, -0.2) is 43.6 Å². The van der Waals surface area contributed by atoms with Crippen LogP contribution >= 0.6 is 0 Å². The number of nitrogens with one attached hydrogen (secondary N) is 2. The van der Waals surface area contributed by atoms with Gasteiger partial charge in [0.1, 0.15) is 5.75 Å². The fraction of sp³-hybridized carbons (Fsp3) is 0.381. The van der Waals surface area contributed by atoms with Gasteiger partial charge < -0.3 is 15.4 Å². The van der Waals surface area contributed by atoms with Gasteiger partial charge in [0.05, 0.1) is 12.2 Å². The van der Waals surface area contributed by atoms with E-state index in [4.69, 9.17) is 0 Å². The highest BCUT2D eigenvalue weighted by molar-refractivity contribution is 5.93. The standard InChI is InChI=1S/C21H25F2N3O2/c1-2-15-7-9-16(10-8-15)18-13-24-11-12-26(18)14-20(27)25-17-5-3-4-6-19(17)28-21(22)23/h3-10,18,21,24H,2,11-14H2,1H3,(H,25,27). The summed E-state index contributed by atoms with van der Waals surface area (Å²) in [6.45, 7) is 1.62. The number of hydrogen-bond acceptors (Lipinski definition) is 4. The second-order valence-electron chi connectivity index (χ2n) is 6.71. The molecule has 2 aromatic carbocycles. The van der Waals surface area contributed by atoms with Crippen molar-refractivity contribution in [2.45, 2.75) is 26.0 Å². The van der Waals surface area contributed by atoms with Crippen molar-refractivity contribution in [2.75, 3.05) is 31.5 Å². The minimum absolute atomic E-state index is 0.0436. The average Bonchev–Trinajstić information content (AvgIpc) is 2.69. The van der Waals surface area contributed by atoms with Gasteiger partial charge in [-0.05, 0) is 29.7 Å². The summed E-state index contributed by atoms with van der Waals surface area (Å²) in [5.41, 5.74) is 2.66. The van der Waals surface area contributed by atoms with Crippen molar-refractivity contribution in [2.24, 2.45) is 0 Å². The van der Waals surface area contributed by atoms with E-state index in [1.165, 1.54) is 11.6 Å². The zero-order valence-corrected chi connectivity index (χ0v) is 15.8. The van der Waals surface area contributed by atoms with Crippen LogP contribution in [-0.2, 0) is 11.2 Å². The molecule has 1 fully saturated rings. The second-order valence-corrected chi connectivity index (χ2v) is 6.71. The number of anilines is 1. The SMILES string of the molecule is CCc1ccc(C2CNCCN2CC(=O)Nc2ccccc2OC(F)F)cc1. The molecule has 1 unspecified atom stereocenters. The predicted molar refractivity (Wildman–Crippen MR) is 105 cm³/mol. The summed E-state index contributed by atoms with van der Waals surface area (Å²) in [5, 5.41) is 6.06. The molecule has 2 N–H and O–H groups in total. The molecule has 1 amide bonds. The summed E-state index contributed by atoms with van der Waals surface area (Å²) in [7, 11) is 0. The summed E-state index contributed by atoms with van der Waals surface area (Å²) in [6.07, 6.45) is 0.982. The molecule has 0 radical (unpaired) electrons. The van der Waals surface area contributed by atoms with E-state index >= 15 is 0 Å². The normalized spacial score (nSPS) is 17.5. The van der Waals surface area contributed by atoms with Crippen molar-refractivity contribution in [3.8, 4) is 5.75 Å². The van der Waals surface area contributed by atoms with Gasteiger partial charge >= 0.3 is 6.61 Å². The molecule has 1 aliphatic rings. The molecule has 5 nitrogen and oxygen atoms in total. The van der Waals surface area contributed by atoms with Crippen LogP contribution in [0, 0.1) is 0 Å². The Morgan fingerprint density at radius 1 is 1.25 bits per heavy atom. The van der Waals surface area contributed by atoms with Gasteiger partial charge in [0.2, 0.25) is 5.91 Å². The highest BCUT2D eigenvalue weighted by Crippen LogP contribution is 2.26. The van der Waals surface area contributed by atoms with E-state index < -0.39 is 6.61 Å². The molecule has 1 aliphatic heterocycles. The third-order valence-electron chi connectivity index (χ3n) is 4.85. The Hall–Kier alpha value is -2.51. The number of nitrogens with zero attached hydrogens (tertiary/aromatic N) is 1. The van der Waals surface area contributed by atoms with E-state index in [0.717, 1.165) is 31.6 Å². The lowest BCUT2D eigenvalue weighted by atomic mass is 10.0. The number of benzene rings is 2. The van der Waals surface area contributed by atoms with Crippen molar-refractivity contribution in [1.29, 1.82) is 0 Å². The Kier molecular flexibility index (Phi) is 6.95. The second kappa shape index (κ2) is 9.61. The minimum atomic E-state index is -2.94. The zero-order valence-electron chi connectivity index (χ0n) is 15.8. The van der Waals surface area contributed by atoms with Crippen LogP contribution in [0.15, 0.2) is 48.5 Å². The molecule has 1 heterocycles. The Bertz CT molecular complexity index is 783. The van der Waals surface area contributed by atoms with Crippen LogP contribution in [0.25, 0.3) is 0 Å². The van der Waals surface area contributed by atoms with Crippen molar-refractivity contribution in [1.82, 2.24) is 10.2 Å². The topological polar surface area (TPSA) is 53.6 Å². The maximum Gasteiger partial charge on any atom is 0.387 e. The van der Waals surface area contributed by atoms with Gasteiger partial charge in [0.15, 0.2) is 0 Å². The van der Waals surface area contributed by atoms with Crippen LogP contribution in [0.1, 0.15) is 24.1 Å². The molecule has 2 aromatic rings. The molecule has 0 saturated carbocycles. The van der Waals surface area contributed by atoms with Crippen molar-refractivity contribution in [3.63, 3.8) is 0 Å². The molecule has 0 aromatic heterocycles. The summed E-state index contributed by atoms with van der Waals surface area (Å²) >= 11 is 0. The number of aryl methyl sites for hydroxylation is 1. The largest absolute Gasteiger partial charge is 0.433 e. The van der Waals surface area contributed by atoms with Crippen molar-refractivity contribution in [3.05, 3.63) is 59.7 Å². The third-order valence-corrected chi connectivity index (χ3v) is 4.85. The molecule has 7 heteroatoms. The third kappa shape index (κ3) is 5.27. The lowest BCUT2D eigenvalue weighted by Crippen LogP contribution is -2.48. The summed E-state index contributed by atoms with van der Waals surface area (Å²) < 4.78 is 29.6. The predicted octanol–water partition coefficient (Wildman–Crippen LogP) is 3.44. The van der Waals surface area contributed by atoms with E-state index in [0.29, 0.717) is 0 Å². The highest BCUT2D eigenvalue weighted by Gasteiger charge is 2.25. The van der Waals surface area contributed by atoms with Crippen LogP contribution in [0.5, 0.6) is 5.75 Å². The smallest absolute Gasteiger partial charge is 0.387 e. The molecular weight excluding hydrogens is 364 g/mol. The number of halogens is 2. The first-order valence-electron chi connectivity index (χ1n) is 9.44. The van der Waals surface area contributed by atoms with Gasteiger partial charge in [-0.2, -0.15) is 8.78 Å². The molecule has 150 valence electrons. The van der Waals surface area contributed by atoms with Gasteiger partial charge in [-0.25, -0.2) is 0 Å². The number of rotatable bonds is 7. The highest BCUT2D eigenvalue weighted by atomic mass is 19.3. The number of alkyl halides is 2. The van der Waals surface area contributed by atoms with Gasteiger partial charge in [0, 0.05) is 25.7 Å². The summed E-state index contributed by atoms with van der Waals surface area (Å²) in [4.78, 5) is 14.7. The number of piperazine rings is 1. The minimum Gasteiger partial charge on any atom is -0.433 e. The van der Waals surface area contributed by atoms with Crippen LogP contribution in [0.3, 0.4) is 0 Å². The van der Waals surface area contributed by atoms with Gasteiger partial charge in [-0.1, -0.05) is 43.3 Å². The maximum absolute atomic E-state index is 12.6. The monoisotopic (exact) mass is 389 g/mol. The van der Waals surface area contributed by atoms with Crippen LogP contribution in [0.4, 0.5) is 14.5 Å². The molecule has 0 aliphatic carbocycles. The summed E-state index contributed by atoms with van der Waals surface area (Å²) in [5.74, 6) is -0.305. The van der Waals surface area contributed by atoms with Gasteiger partial charge in [0.25, 0.3) is 0 Å².